The number of nitrogens with zero attached hydrogens (tertiary/aromatic N) is 4. The summed E-state index contributed by atoms with van der Waals surface area (Å²) in [6.45, 7) is 15.8. The molecule has 2 aromatic rings. The Balaban J connectivity index is 1.58. The van der Waals surface area contributed by atoms with Crippen molar-refractivity contribution >= 4 is 53.7 Å². The number of carbonyl (C=O) groups is 1. The van der Waals surface area contributed by atoms with Crippen molar-refractivity contribution in [3.05, 3.63) is 20.1 Å². The molecule has 2 aromatic heterocycles. The lowest BCUT2D eigenvalue weighted by atomic mass is 9.84. The first-order chi connectivity index (χ1) is 17.1. The zero-order chi connectivity index (χ0) is 27.3. The van der Waals surface area contributed by atoms with E-state index in [1.165, 1.54) is 0 Å². The van der Waals surface area contributed by atoms with Crippen LogP contribution >= 0.6 is 22.6 Å². The average molecular weight is 644 g/mol. The second kappa shape index (κ2) is 10.2. The highest BCUT2D eigenvalue weighted by molar-refractivity contribution is 14.1. The predicted octanol–water partition coefficient (Wildman–Crippen LogP) is 5.07. The number of alkyl carbamates (subject to hydrolysis) is 1. The van der Waals surface area contributed by atoms with Crippen LogP contribution in [0.25, 0.3) is 11.0 Å². The van der Waals surface area contributed by atoms with E-state index in [4.69, 9.17) is 14.5 Å². The smallest absolute Gasteiger partial charge is 0.408 e. The SMILES string of the molecule is Cn1c(N2[C@H]3CC[C@H]2CC(C)(NC(=O)OC(C)(C)C)C3)nc2c(c(I)cn2COCC[Si](C)(C)C)c1=O. The second-order valence-electron chi connectivity index (χ2n) is 13.2. The number of fused-ring (bicyclic) bond motifs is 3. The van der Waals surface area contributed by atoms with Crippen molar-refractivity contribution in [3.8, 4) is 0 Å². The van der Waals surface area contributed by atoms with Gasteiger partial charge in [0.2, 0.25) is 5.95 Å². The van der Waals surface area contributed by atoms with Gasteiger partial charge in [0, 0.05) is 49.1 Å². The summed E-state index contributed by atoms with van der Waals surface area (Å²) in [6.07, 6.45) is 5.14. The van der Waals surface area contributed by atoms with Gasteiger partial charge < -0.3 is 24.3 Å². The molecule has 0 saturated carbocycles. The number of hydrogen-bond donors (Lipinski definition) is 1. The third-order valence-corrected chi connectivity index (χ3v) is 9.80. The number of piperidine rings is 1. The topological polar surface area (TPSA) is 90.6 Å². The molecule has 4 heterocycles. The van der Waals surface area contributed by atoms with Gasteiger partial charge in [-0.3, -0.25) is 9.36 Å². The quantitative estimate of drug-likeness (QED) is 0.258. The summed E-state index contributed by atoms with van der Waals surface area (Å²) in [5.41, 5.74) is -0.268. The molecule has 2 aliphatic rings. The zero-order valence-electron chi connectivity index (χ0n) is 23.5. The van der Waals surface area contributed by atoms with Crippen molar-refractivity contribution in [2.75, 3.05) is 11.5 Å². The Morgan fingerprint density at radius 2 is 1.86 bits per heavy atom. The van der Waals surface area contributed by atoms with E-state index in [1.807, 2.05) is 38.6 Å². The molecule has 0 unspecified atom stereocenters. The third-order valence-electron chi connectivity index (χ3n) is 7.28. The Morgan fingerprint density at radius 3 is 2.43 bits per heavy atom. The van der Waals surface area contributed by atoms with Gasteiger partial charge in [-0.1, -0.05) is 19.6 Å². The molecular formula is C26H42IN5O4Si. The van der Waals surface area contributed by atoms with E-state index in [0.717, 1.165) is 35.3 Å². The molecule has 206 valence electrons. The summed E-state index contributed by atoms with van der Waals surface area (Å²) in [4.78, 5) is 33.4. The molecule has 1 N–H and O–H groups in total. The van der Waals surface area contributed by atoms with Crippen LogP contribution in [0.4, 0.5) is 10.7 Å². The van der Waals surface area contributed by atoms with Crippen LogP contribution in [0.5, 0.6) is 0 Å². The molecule has 0 radical (unpaired) electrons. The summed E-state index contributed by atoms with van der Waals surface area (Å²) in [7, 11) is 0.634. The van der Waals surface area contributed by atoms with Gasteiger partial charge in [0.1, 0.15) is 12.3 Å². The number of hydrogen-bond acceptors (Lipinski definition) is 6. The van der Waals surface area contributed by atoms with E-state index in [9.17, 15) is 9.59 Å². The molecule has 37 heavy (non-hydrogen) atoms. The van der Waals surface area contributed by atoms with Crippen LogP contribution in [-0.2, 0) is 23.3 Å². The first-order valence-electron chi connectivity index (χ1n) is 13.2. The minimum absolute atomic E-state index is 0.0372. The van der Waals surface area contributed by atoms with Gasteiger partial charge in [-0.15, -0.1) is 0 Å². The fourth-order valence-electron chi connectivity index (χ4n) is 5.59. The van der Waals surface area contributed by atoms with Crippen LogP contribution in [0.1, 0.15) is 53.4 Å². The highest BCUT2D eigenvalue weighted by Gasteiger charge is 2.48. The van der Waals surface area contributed by atoms with Crippen molar-refractivity contribution < 1.29 is 14.3 Å². The maximum Gasteiger partial charge on any atom is 0.408 e. The highest BCUT2D eigenvalue weighted by Crippen LogP contribution is 2.43. The number of rotatable bonds is 7. The monoisotopic (exact) mass is 643 g/mol. The molecule has 0 aromatic carbocycles. The lowest BCUT2D eigenvalue weighted by Gasteiger charge is -2.45. The van der Waals surface area contributed by atoms with Crippen molar-refractivity contribution in [1.82, 2.24) is 19.4 Å². The molecule has 0 aliphatic carbocycles. The largest absolute Gasteiger partial charge is 0.444 e. The minimum atomic E-state index is -1.18. The second-order valence-corrected chi connectivity index (χ2v) is 19.9. The van der Waals surface area contributed by atoms with Crippen LogP contribution < -0.4 is 15.8 Å². The zero-order valence-corrected chi connectivity index (χ0v) is 26.6. The number of ether oxygens (including phenoxy) is 2. The van der Waals surface area contributed by atoms with Crippen molar-refractivity contribution in [3.63, 3.8) is 0 Å². The van der Waals surface area contributed by atoms with Crippen molar-refractivity contribution in [2.24, 2.45) is 7.05 Å². The first-order valence-corrected chi connectivity index (χ1v) is 18.0. The van der Waals surface area contributed by atoms with E-state index < -0.39 is 13.7 Å². The fraction of sp³-hybridized carbons (Fsp3) is 0.731. The average Bonchev–Trinajstić information content (AvgIpc) is 3.19. The molecular weight excluding hydrogens is 601 g/mol. The molecule has 2 aliphatic heterocycles. The van der Waals surface area contributed by atoms with Crippen LogP contribution in [-0.4, -0.2) is 58.1 Å². The van der Waals surface area contributed by atoms with Gasteiger partial charge in [-0.05, 0) is 82.0 Å². The van der Waals surface area contributed by atoms with E-state index in [2.05, 4.69) is 59.4 Å². The molecule has 2 atom stereocenters. The number of anilines is 1. The van der Waals surface area contributed by atoms with Gasteiger partial charge in [-0.25, -0.2) is 4.79 Å². The van der Waals surface area contributed by atoms with E-state index in [-0.39, 0.29) is 29.3 Å². The molecule has 1 amide bonds. The lowest BCUT2D eigenvalue weighted by molar-refractivity contribution is 0.0437. The Bertz CT molecular complexity index is 1210. The summed E-state index contributed by atoms with van der Waals surface area (Å²) < 4.78 is 16.1. The summed E-state index contributed by atoms with van der Waals surface area (Å²) >= 11 is 2.22. The van der Waals surface area contributed by atoms with Crippen LogP contribution in [0, 0.1) is 3.57 Å². The lowest BCUT2D eigenvalue weighted by Crippen LogP contribution is -2.59. The van der Waals surface area contributed by atoms with Gasteiger partial charge in [-0.2, -0.15) is 4.98 Å². The number of nitrogens with one attached hydrogen (secondary N) is 1. The Hall–Kier alpha value is -1.60. The van der Waals surface area contributed by atoms with Crippen LogP contribution in [0.2, 0.25) is 25.7 Å². The number of amides is 1. The van der Waals surface area contributed by atoms with E-state index >= 15 is 0 Å². The Kier molecular flexibility index (Phi) is 7.81. The van der Waals surface area contributed by atoms with Gasteiger partial charge in [0.05, 0.1) is 5.39 Å². The summed E-state index contributed by atoms with van der Waals surface area (Å²) in [5, 5.41) is 3.78. The van der Waals surface area contributed by atoms with Crippen molar-refractivity contribution in [1.29, 1.82) is 0 Å². The normalized spacial score (nSPS) is 24.1. The number of aromatic nitrogens is 3. The van der Waals surface area contributed by atoms with Crippen LogP contribution in [0.3, 0.4) is 0 Å². The highest BCUT2D eigenvalue weighted by atomic mass is 127. The fourth-order valence-corrected chi connectivity index (χ4v) is 7.16. The van der Waals surface area contributed by atoms with Gasteiger partial charge >= 0.3 is 6.09 Å². The minimum Gasteiger partial charge on any atom is -0.444 e. The summed E-state index contributed by atoms with van der Waals surface area (Å²) in [6, 6.07) is 1.46. The van der Waals surface area contributed by atoms with Crippen LogP contribution in [0.15, 0.2) is 11.0 Å². The summed E-state index contributed by atoms with van der Waals surface area (Å²) in [5.74, 6) is 0.696. The molecule has 9 nitrogen and oxygen atoms in total. The predicted molar refractivity (Wildman–Crippen MR) is 158 cm³/mol. The molecule has 2 fully saturated rings. The Labute approximate surface area is 234 Å². The van der Waals surface area contributed by atoms with Gasteiger partial charge in [0.25, 0.3) is 5.56 Å². The maximum absolute atomic E-state index is 13.5. The van der Waals surface area contributed by atoms with E-state index in [0.29, 0.717) is 30.3 Å². The standard InChI is InChI=1S/C26H42IN5O4Si/c1-25(2,3)36-24(34)29-26(4)13-17-9-10-18(14-26)32(17)23-28-21-20(22(33)30(23)5)19(27)15-31(21)16-35-11-12-37(6,7)8/h15,17-18H,9-14,16H2,1-8H3,(H,29,34)/t17-,18-/m0/s1. The first kappa shape index (κ1) is 28.4. The Morgan fingerprint density at radius 1 is 1.24 bits per heavy atom. The molecule has 4 rings (SSSR count). The molecule has 2 bridgehead atoms. The molecule has 2 saturated heterocycles. The number of halogens is 1. The third kappa shape index (κ3) is 6.35. The maximum atomic E-state index is 13.5. The van der Waals surface area contributed by atoms with Gasteiger partial charge in [0.15, 0.2) is 5.65 Å². The van der Waals surface area contributed by atoms with Crippen molar-refractivity contribution in [2.45, 2.75) is 109 Å². The van der Waals surface area contributed by atoms with E-state index in [1.54, 1.807) is 4.57 Å². The molecule has 0 spiro atoms. The molecule has 11 heteroatoms. The number of carbonyl (C=O) groups excluding carboxylic acids is 1.